The van der Waals surface area contributed by atoms with Crippen LogP contribution in [0.3, 0.4) is 0 Å². The summed E-state index contributed by atoms with van der Waals surface area (Å²) in [5.41, 5.74) is 0.740. The molecule has 0 saturated carbocycles. The monoisotopic (exact) mass is 451 g/mol. The molecule has 2 heterocycles. The van der Waals surface area contributed by atoms with Crippen molar-refractivity contribution < 1.29 is 23.4 Å². The Hall–Kier alpha value is -2.71. The van der Waals surface area contributed by atoms with Gasteiger partial charge in [0.05, 0.1) is 28.9 Å². The van der Waals surface area contributed by atoms with Gasteiger partial charge in [0.2, 0.25) is 0 Å². The quantitative estimate of drug-likeness (QED) is 0.504. The average molecular weight is 452 g/mol. The minimum atomic E-state index is -0.722. The van der Waals surface area contributed by atoms with Crippen LogP contribution in [0.1, 0.15) is 47.9 Å². The Balaban J connectivity index is 1.91. The number of carbonyl (C=O) groups is 1. The van der Waals surface area contributed by atoms with Crippen molar-refractivity contribution in [3.8, 4) is 5.75 Å². The smallest absolute Gasteiger partial charge is 0.270 e. The van der Waals surface area contributed by atoms with Crippen molar-refractivity contribution in [2.24, 2.45) is 0 Å². The number of hydrogen-bond acceptors (Lipinski definition) is 4. The molecule has 0 aliphatic carbocycles. The molecular weight excluding hydrogens is 428 g/mol. The standard InChI is InChI=1S/C22H24ClF2N3O3/c1-3-4-6-15(11-29)27-22(30)20-13(2)26-21-19(9-14(23)10-28(20)21)31-12-16-17(24)7-5-8-18(16)25/h5,7-10,15,29H,3-4,6,11-12H2,1-2H3,(H,27,30)/t15-/m1/s1. The van der Waals surface area contributed by atoms with Crippen LogP contribution in [-0.4, -0.2) is 33.0 Å². The summed E-state index contributed by atoms with van der Waals surface area (Å²) in [5, 5.41) is 12.6. The number of aliphatic hydroxyl groups excluding tert-OH is 1. The summed E-state index contributed by atoms with van der Waals surface area (Å²) in [6.45, 7) is 3.15. The third-order valence-corrected chi connectivity index (χ3v) is 5.14. The SMILES string of the molecule is CCCC[C@H](CO)NC(=O)c1c(C)nc2c(OCc3c(F)cccc3F)cc(Cl)cn12. The van der Waals surface area contributed by atoms with Crippen molar-refractivity contribution in [2.75, 3.05) is 6.61 Å². The lowest BCUT2D eigenvalue weighted by atomic mass is 10.1. The first-order valence-electron chi connectivity index (χ1n) is 10.0. The van der Waals surface area contributed by atoms with E-state index < -0.39 is 17.5 Å². The second-order valence-electron chi connectivity index (χ2n) is 7.25. The molecule has 2 N–H and O–H groups in total. The summed E-state index contributed by atoms with van der Waals surface area (Å²) >= 11 is 6.21. The highest BCUT2D eigenvalue weighted by Gasteiger charge is 2.22. The van der Waals surface area contributed by atoms with Gasteiger partial charge in [-0.15, -0.1) is 0 Å². The molecule has 0 aliphatic rings. The number of ether oxygens (including phenoxy) is 1. The summed E-state index contributed by atoms with van der Waals surface area (Å²) in [5.74, 6) is -1.67. The third kappa shape index (κ3) is 5.14. The van der Waals surface area contributed by atoms with Crippen LogP contribution < -0.4 is 10.1 Å². The number of fused-ring (bicyclic) bond motifs is 1. The van der Waals surface area contributed by atoms with E-state index >= 15 is 0 Å². The molecule has 0 aliphatic heterocycles. The molecule has 3 rings (SSSR count). The molecule has 0 unspecified atom stereocenters. The first-order valence-corrected chi connectivity index (χ1v) is 10.4. The van der Waals surface area contributed by atoms with Gasteiger partial charge in [-0.3, -0.25) is 9.20 Å². The number of rotatable bonds is 9. The number of nitrogens with zero attached hydrogens (tertiary/aromatic N) is 2. The molecule has 0 bridgehead atoms. The van der Waals surface area contributed by atoms with Gasteiger partial charge in [-0.2, -0.15) is 0 Å². The van der Waals surface area contributed by atoms with Crippen molar-refractivity contribution in [3.63, 3.8) is 0 Å². The van der Waals surface area contributed by atoms with E-state index in [0.717, 1.165) is 25.0 Å². The maximum absolute atomic E-state index is 13.9. The van der Waals surface area contributed by atoms with E-state index in [4.69, 9.17) is 16.3 Å². The number of aliphatic hydroxyl groups is 1. The molecule has 1 atom stereocenters. The Morgan fingerprint density at radius 2 is 2.06 bits per heavy atom. The summed E-state index contributed by atoms with van der Waals surface area (Å²) in [7, 11) is 0. The first-order chi connectivity index (χ1) is 14.8. The zero-order chi connectivity index (χ0) is 22.5. The Morgan fingerprint density at radius 1 is 1.35 bits per heavy atom. The largest absolute Gasteiger partial charge is 0.485 e. The number of amides is 1. The first kappa shape index (κ1) is 23.0. The van der Waals surface area contributed by atoms with E-state index in [1.165, 1.54) is 22.7 Å². The summed E-state index contributed by atoms with van der Waals surface area (Å²) in [6.07, 6.45) is 3.98. The van der Waals surface area contributed by atoms with Crippen molar-refractivity contribution in [1.82, 2.24) is 14.7 Å². The molecule has 9 heteroatoms. The molecule has 1 amide bonds. The number of nitrogens with one attached hydrogen (secondary N) is 1. The summed E-state index contributed by atoms with van der Waals surface area (Å²) in [6, 6.07) is 4.66. The normalized spacial score (nSPS) is 12.2. The van der Waals surface area contributed by atoms with E-state index in [0.29, 0.717) is 12.1 Å². The number of pyridine rings is 1. The van der Waals surface area contributed by atoms with Gasteiger partial charge < -0.3 is 15.2 Å². The predicted octanol–water partition coefficient (Wildman–Crippen LogP) is 4.43. The molecular formula is C22H24ClF2N3O3. The van der Waals surface area contributed by atoms with Crippen LogP contribution >= 0.6 is 11.6 Å². The molecule has 0 saturated heterocycles. The number of hydrogen-bond donors (Lipinski definition) is 2. The maximum atomic E-state index is 13.9. The molecule has 31 heavy (non-hydrogen) atoms. The van der Waals surface area contributed by atoms with E-state index in [1.54, 1.807) is 6.92 Å². The van der Waals surface area contributed by atoms with E-state index in [1.807, 2.05) is 6.92 Å². The van der Waals surface area contributed by atoms with Gasteiger partial charge in [-0.25, -0.2) is 13.8 Å². The molecule has 0 spiro atoms. The van der Waals surface area contributed by atoms with Crippen LogP contribution in [0.25, 0.3) is 5.65 Å². The van der Waals surface area contributed by atoms with E-state index in [2.05, 4.69) is 10.3 Å². The Labute approximate surface area is 183 Å². The number of unbranched alkanes of at least 4 members (excludes halogenated alkanes) is 1. The Kier molecular flexibility index (Phi) is 7.46. The number of carbonyl (C=O) groups excluding carboxylic acids is 1. The van der Waals surface area contributed by atoms with E-state index in [-0.39, 0.29) is 46.9 Å². The lowest BCUT2D eigenvalue weighted by molar-refractivity contribution is 0.0905. The molecule has 0 radical (unpaired) electrons. The highest BCUT2D eigenvalue weighted by molar-refractivity contribution is 6.30. The fourth-order valence-corrected chi connectivity index (χ4v) is 3.51. The van der Waals surface area contributed by atoms with Gasteiger partial charge in [-0.05, 0) is 25.5 Å². The second-order valence-corrected chi connectivity index (χ2v) is 7.68. The van der Waals surface area contributed by atoms with Crippen LogP contribution in [0.5, 0.6) is 5.75 Å². The molecule has 0 fully saturated rings. The molecule has 166 valence electrons. The number of aromatic nitrogens is 2. The highest BCUT2D eigenvalue weighted by atomic mass is 35.5. The number of halogens is 3. The molecule has 1 aromatic carbocycles. The van der Waals surface area contributed by atoms with Crippen molar-refractivity contribution in [2.45, 2.75) is 45.8 Å². The summed E-state index contributed by atoms with van der Waals surface area (Å²) < 4.78 is 35.0. The van der Waals surface area contributed by atoms with Crippen LogP contribution in [0, 0.1) is 18.6 Å². The van der Waals surface area contributed by atoms with Gasteiger partial charge in [-0.1, -0.05) is 37.4 Å². The fourth-order valence-electron chi connectivity index (χ4n) is 3.31. The summed E-state index contributed by atoms with van der Waals surface area (Å²) in [4.78, 5) is 17.3. The van der Waals surface area contributed by atoms with Crippen molar-refractivity contribution in [3.05, 3.63) is 64.1 Å². The lowest BCUT2D eigenvalue weighted by Gasteiger charge is -2.16. The van der Waals surface area contributed by atoms with Crippen molar-refractivity contribution in [1.29, 1.82) is 0 Å². The fraction of sp³-hybridized carbons (Fsp3) is 0.364. The van der Waals surface area contributed by atoms with Crippen LogP contribution in [0.4, 0.5) is 8.78 Å². The van der Waals surface area contributed by atoms with Crippen molar-refractivity contribution >= 4 is 23.2 Å². The minimum absolute atomic E-state index is 0.176. The van der Waals surface area contributed by atoms with Gasteiger partial charge >= 0.3 is 0 Å². The zero-order valence-corrected chi connectivity index (χ0v) is 18.0. The van der Waals surface area contributed by atoms with Gasteiger partial charge in [0.15, 0.2) is 11.4 Å². The molecule has 3 aromatic rings. The van der Waals surface area contributed by atoms with Crippen LogP contribution in [-0.2, 0) is 6.61 Å². The topological polar surface area (TPSA) is 75.9 Å². The number of benzene rings is 1. The second kappa shape index (κ2) is 10.1. The van der Waals surface area contributed by atoms with Gasteiger partial charge in [0.1, 0.15) is 23.9 Å². The van der Waals surface area contributed by atoms with Crippen LogP contribution in [0.15, 0.2) is 30.5 Å². The molecule has 6 nitrogen and oxygen atoms in total. The third-order valence-electron chi connectivity index (χ3n) is 4.94. The number of aryl methyl sites for hydroxylation is 1. The van der Waals surface area contributed by atoms with E-state index in [9.17, 15) is 18.7 Å². The Bertz CT molecular complexity index is 1070. The highest BCUT2D eigenvalue weighted by Crippen LogP contribution is 2.28. The zero-order valence-electron chi connectivity index (χ0n) is 17.3. The lowest BCUT2D eigenvalue weighted by Crippen LogP contribution is -2.38. The minimum Gasteiger partial charge on any atom is -0.485 e. The maximum Gasteiger partial charge on any atom is 0.270 e. The molecule has 2 aromatic heterocycles. The average Bonchev–Trinajstić information content (AvgIpc) is 3.06. The predicted molar refractivity (Wildman–Crippen MR) is 113 cm³/mol. The van der Waals surface area contributed by atoms with Gasteiger partial charge in [0, 0.05) is 12.3 Å². The number of imidazole rings is 1. The van der Waals surface area contributed by atoms with Gasteiger partial charge in [0.25, 0.3) is 5.91 Å². The van der Waals surface area contributed by atoms with Crippen LogP contribution in [0.2, 0.25) is 5.02 Å². The Morgan fingerprint density at radius 3 is 2.71 bits per heavy atom.